The second-order valence-corrected chi connectivity index (χ2v) is 3.95. The Bertz CT molecular complexity index is 537. The molecule has 17 heavy (non-hydrogen) atoms. The fraction of sp³-hybridized carbons (Fsp3) is 0. The second kappa shape index (κ2) is 4.89. The number of phenols is 1. The number of aromatic hydroxyl groups is 1. The zero-order valence-electron chi connectivity index (χ0n) is 8.85. The minimum atomic E-state index is -0.243. The Morgan fingerprint density at radius 2 is 1.82 bits per heavy atom. The van der Waals surface area contributed by atoms with Crippen molar-refractivity contribution in [1.82, 2.24) is 0 Å². The molecule has 0 aromatic heterocycles. The summed E-state index contributed by atoms with van der Waals surface area (Å²) in [6, 6.07) is 12.9. The minimum absolute atomic E-state index is 0.129. The molecule has 0 bridgehead atoms. The molecule has 0 saturated carbocycles. The van der Waals surface area contributed by atoms with E-state index < -0.39 is 0 Å². The predicted molar refractivity (Wildman–Crippen MR) is 67.5 cm³/mol. The molecule has 3 nitrogen and oxygen atoms in total. The summed E-state index contributed by atoms with van der Waals surface area (Å²) in [7, 11) is 0. The maximum atomic E-state index is 11.8. The van der Waals surface area contributed by atoms with Crippen LogP contribution in [0.5, 0.6) is 5.75 Å². The molecule has 0 aliphatic heterocycles. The first-order valence-electron chi connectivity index (χ1n) is 5.01. The molecule has 0 radical (unpaired) electrons. The SMILES string of the molecule is O=C(Nc1cccc(Cl)c1)c1ccc(O)cc1. The van der Waals surface area contributed by atoms with Gasteiger partial charge in [0.25, 0.3) is 5.91 Å². The Hall–Kier alpha value is -2.00. The molecule has 2 aromatic carbocycles. The number of amides is 1. The highest BCUT2D eigenvalue weighted by atomic mass is 35.5. The first-order valence-corrected chi connectivity index (χ1v) is 5.39. The molecule has 1 amide bonds. The molecular formula is C13H10ClNO2. The van der Waals surface area contributed by atoms with E-state index in [2.05, 4.69) is 5.32 Å². The van der Waals surface area contributed by atoms with Gasteiger partial charge in [-0.3, -0.25) is 4.79 Å². The predicted octanol–water partition coefficient (Wildman–Crippen LogP) is 3.30. The Morgan fingerprint density at radius 1 is 1.12 bits per heavy atom. The lowest BCUT2D eigenvalue weighted by atomic mass is 10.2. The summed E-state index contributed by atoms with van der Waals surface area (Å²) in [5, 5.41) is 12.4. The van der Waals surface area contributed by atoms with Crippen LogP contribution in [-0.4, -0.2) is 11.0 Å². The van der Waals surface area contributed by atoms with Crippen LogP contribution in [0, 0.1) is 0 Å². The summed E-state index contributed by atoms with van der Waals surface area (Å²) in [5.74, 6) is -0.114. The summed E-state index contributed by atoms with van der Waals surface area (Å²) in [5.41, 5.74) is 1.11. The Morgan fingerprint density at radius 3 is 2.47 bits per heavy atom. The van der Waals surface area contributed by atoms with Crippen LogP contribution >= 0.6 is 11.6 Å². The first-order chi connectivity index (χ1) is 8.15. The van der Waals surface area contributed by atoms with Gasteiger partial charge in [-0.15, -0.1) is 0 Å². The number of carbonyl (C=O) groups excluding carboxylic acids is 1. The molecular weight excluding hydrogens is 238 g/mol. The monoisotopic (exact) mass is 247 g/mol. The number of phenolic OH excluding ortho intramolecular Hbond substituents is 1. The smallest absolute Gasteiger partial charge is 0.255 e. The molecule has 0 heterocycles. The Balaban J connectivity index is 2.14. The topological polar surface area (TPSA) is 49.3 Å². The van der Waals surface area contributed by atoms with Gasteiger partial charge in [0.05, 0.1) is 0 Å². The van der Waals surface area contributed by atoms with Crippen LogP contribution in [0.1, 0.15) is 10.4 Å². The van der Waals surface area contributed by atoms with E-state index in [1.807, 2.05) is 0 Å². The number of carbonyl (C=O) groups is 1. The molecule has 0 fully saturated rings. The van der Waals surface area contributed by atoms with Crippen molar-refractivity contribution < 1.29 is 9.90 Å². The van der Waals surface area contributed by atoms with Gasteiger partial charge in [0.15, 0.2) is 0 Å². The number of halogens is 1. The molecule has 0 saturated heterocycles. The fourth-order valence-corrected chi connectivity index (χ4v) is 1.57. The lowest BCUT2D eigenvalue weighted by Gasteiger charge is -2.05. The zero-order valence-corrected chi connectivity index (χ0v) is 9.61. The third-order valence-electron chi connectivity index (χ3n) is 2.21. The highest BCUT2D eigenvalue weighted by Gasteiger charge is 2.05. The number of anilines is 1. The third kappa shape index (κ3) is 2.98. The van der Waals surface area contributed by atoms with Gasteiger partial charge in [-0.1, -0.05) is 17.7 Å². The van der Waals surface area contributed by atoms with Gasteiger partial charge in [0.2, 0.25) is 0 Å². The Kier molecular flexibility index (Phi) is 3.30. The first kappa shape index (κ1) is 11.5. The van der Waals surface area contributed by atoms with E-state index in [9.17, 15) is 4.79 Å². The van der Waals surface area contributed by atoms with E-state index >= 15 is 0 Å². The normalized spacial score (nSPS) is 9.94. The molecule has 4 heteroatoms. The van der Waals surface area contributed by atoms with Crippen molar-refractivity contribution >= 4 is 23.2 Å². The fourth-order valence-electron chi connectivity index (χ4n) is 1.38. The largest absolute Gasteiger partial charge is 0.508 e. The average Bonchev–Trinajstić information content (AvgIpc) is 2.29. The van der Waals surface area contributed by atoms with Crippen molar-refractivity contribution in [3.05, 3.63) is 59.1 Å². The van der Waals surface area contributed by atoms with Crippen LogP contribution in [0.15, 0.2) is 48.5 Å². The van der Waals surface area contributed by atoms with Crippen LogP contribution in [0.25, 0.3) is 0 Å². The molecule has 2 aromatic rings. The van der Waals surface area contributed by atoms with Crippen molar-refractivity contribution in [2.75, 3.05) is 5.32 Å². The van der Waals surface area contributed by atoms with Crippen LogP contribution < -0.4 is 5.32 Å². The number of nitrogens with one attached hydrogen (secondary N) is 1. The minimum Gasteiger partial charge on any atom is -0.508 e. The summed E-state index contributed by atoms with van der Waals surface area (Å²) in [6.07, 6.45) is 0. The maximum Gasteiger partial charge on any atom is 0.255 e. The quantitative estimate of drug-likeness (QED) is 0.856. The van der Waals surface area contributed by atoms with E-state index in [1.165, 1.54) is 12.1 Å². The van der Waals surface area contributed by atoms with Gasteiger partial charge in [-0.25, -0.2) is 0 Å². The zero-order chi connectivity index (χ0) is 12.3. The summed E-state index contributed by atoms with van der Waals surface area (Å²) in [4.78, 5) is 11.8. The molecule has 0 unspecified atom stereocenters. The summed E-state index contributed by atoms with van der Waals surface area (Å²) < 4.78 is 0. The molecule has 0 aliphatic rings. The van der Waals surface area contributed by atoms with Gasteiger partial charge in [0.1, 0.15) is 5.75 Å². The van der Waals surface area contributed by atoms with Gasteiger partial charge >= 0.3 is 0 Å². The van der Waals surface area contributed by atoms with E-state index in [-0.39, 0.29) is 11.7 Å². The number of hydrogen-bond donors (Lipinski definition) is 2. The third-order valence-corrected chi connectivity index (χ3v) is 2.45. The van der Waals surface area contributed by atoms with Crippen LogP contribution in [0.2, 0.25) is 5.02 Å². The van der Waals surface area contributed by atoms with Crippen molar-refractivity contribution in [2.24, 2.45) is 0 Å². The number of rotatable bonds is 2. The highest BCUT2D eigenvalue weighted by Crippen LogP contribution is 2.16. The molecule has 86 valence electrons. The van der Waals surface area contributed by atoms with E-state index in [0.717, 1.165) is 0 Å². The van der Waals surface area contributed by atoms with E-state index in [0.29, 0.717) is 16.3 Å². The molecule has 2 N–H and O–H groups in total. The molecule has 0 spiro atoms. The van der Waals surface area contributed by atoms with Gasteiger partial charge in [0, 0.05) is 16.3 Å². The molecule has 0 aliphatic carbocycles. The summed E-state index contributed by atoms with van der Waals surface area (Å²) in [6.45, 7) is 0. The van der Waals surface area contributed by atoms with Crippen LogP contribution in [-0.2, 0) is 0 Å². The maximum absolute atomic E-state index is 11.8. The van der Waals surface area contributed by atoms with Crippen molar-refractivity contribution in [3.63, 3.8) is 0 Å². The van der Waals surface area contributed by atoms with Gasteiger partial charge in [-0.05, 0) is 42.5 Å². The lowest BCUT2D eigenvalue weighted by Crippen LogP contribution is -2.11. The van der Waals surface area contributed by atoms with Crippen LogP contribution in [0.4, 0.5) is 5.69 Å². The van der Waals surface area contributed by atoms with Gasteiger partial charge in [-0.2, -0.15) is 0 Å². The van der Waals surface area contributed by atoms with E-state index in [4.69, 9.17) is 16.7 Å². The van der Waals surface area contributed by atoms with Gasteiger partial charge < -0.3 is 10.4 Å². The van der Waals surface area contributed by atoms with E-state index in [1.54, 1.807) is 36.4 Å². The van der Waals surface area contributed by atoms with Crippen LogP contribution in [0.3, 0.4) is 0 Å². The van der Waals surface area contributed by atoms with Crippen molar-refractivity contribution in [2.45, 2.75) is 0 Å². The number of hydrogen-bond acceptors (Lipinski definition) is 2. The average molecular weight is 248 g/mol. The standard InChI is InChI=1S/C13H10ClNO2/c14-10-2-1-3-11(8-10)15-13(17)9-4-6-12(16)7-5-9/h1-8,16H,(H,15,17). The molecule has 0 atom stereocenters. The van der Waals surface area contributed by atoms with Crippen molar-refractivity contribution in [3.8, 4) is 5.75 Å². The van der Waals surface area contributed by atoms with Crippen molar-refractivity contribution in [1.29, 1.82) is 0 Å². The summed E-state index contributed by atoms with van der Waals surface area (Å²) >= 11 is 5.81. The molecule has 2 rings (SSSR count). The lowest BCUT2D eigenvalue weighted by molar-refractivity contribution is 0.102. The number of benzene rings is 2. The second-order valence-electron chi connectivity index (χ2n) is 3.51. The Labute approximate surface area is 104 Å². The highest BCUT2D eigenvalue weighted by molar-refractivity contribution is 6.30.